The van der Waals surface area contributed by atoms with Gasteiger partial charge in [0.2, 0.25) is 0 Å². The van der Waals surface area contributed by atoms with Crippen molar-refractivity contribution in [1.29, 1.82) is 0 Å². The number of nitrogens with one attached hydrogen (secondary N) is 2. The lowest BCUT2D eigenvalue weighted by molar-refractivity contribution is -0.207. The second-order valence-corrected chi connectivity index (χ2v) is 8.50. The number of likely N-dealkylation sites (N-methyl/N-ethyl adjacent to an activating group) is 1. The largest absolute Gasteiger partial charge is 0.481 e. The summed E-state index contributed by atoms with van der Waals surface area (Å²) in [6, 6.07) is 4.81. The van der Waals surface area contributed by atoms with Crippen LogP contribution < -0.4 is 5.32 Å². The smallest absolute Gasteiger partial charge is 0.306 e. The molecule has 3 rings (SSSR count). The second kappa shape index (κ2) is 9.69. The Morgan fingerprint density at radius 3 is 2.45 bits per heavy atom. The van der Waals surface area contributed by atoms with Crippen molar-refractivity contribution in [2.45, 2.75) is 32.2 Å². The molecular formula is C22H28N4O7. The summed E-state index contributed by atoms with van der Waals surface area (Å²) in [5, 5.41) is 22.0. The maximum atomic E-state index is 12.9. The Kier molecular flexibility index (Phi) is 7.15. The number of aliphatic hydroxyl groups is 1. The number of carbonyl (C=O) groups excluding carboxylic acids is 3. The van der Waals surface area contributed by atoms with Crippen molar-refractivity contribution < 1.29 is 34.1 Å². The lowest BCUT2D eigenvalue weighted by atomic mass is 10.1. The molecular weight excluding hydrogens is 432 g/mol. The molecule has 1 fully saturated rings. The highest BCUT2D eigenvalue weighted by atomic mass is 16.6. The summed E-state index contributed by atoms with van der Waals surface area (Å²) in [4.78, 5) is 56.0. The van der Waals surface area contributed by atoms with E-state index in [1.807, 2.05) is 7.05 Å². The number of para-hydroxylation sites is 1. The number of anilines is 1. The van der Waals surface area contributed by atoms with E-state index < -0.39 is 41.9 Å². The van der Waals surface area contributed by atoms with Crippen molar-refractivity contribution in [2.75, 3.05) is 38.5 Å². The Morgan fingerprint density at radius 2 is 1.85 bits per heavy atom. The van der Waals surface area contributed by atoms with E-state index in [9.17, 15) is 24.3 Å². The molecule has 0 spiro atoms. The van der Waals surface area contributed by atoms with E-state index in [4.69, 9.17) is 9.84 Å². The van der Waals surface area contributed by atoms with Gasteiger partial charge in [-0.25, -0.2) is 0 Å². The van der Waals surface area contributed by atoms with E-state index in [1.165, 1.54) is 24.9 Å². The number of ketones is 1. The van der Waals surface area contributed by atoms with Gasteiger partial charge in [0.1, 0.15) is 6.10 Å². The Bertz CT molecular complexity index is 1060. The third kappa shape index (κ3) is 5.95. The Balaban J connectivity index is 1.82. The van der Waals surface area contributed by atoms with Crippen LogP contribution in [0.1, 0.15) is 30.6 Å². The van der Waals surface area contributed by atoms with Gasteiger partial charge in [0, 0.05) is 37.8 Å². The SMILES string of the molecule is CN1CCN(C(=O)C(=O)c2c[nH]c3c(NC(=O)[C@@H](CC(=O)O)OC(C)(C)O)cccc23)CC1. The number of Topliss-reactive ketones (excluding diaryl/α,β-unsaturated/α-hetero) is 1. The molecule has 0 aliphatic carbocycles. The second-order valence-electron chi connectivity index (χ2n) is 8.50. The number of hydrogen-bond donors (Lipinski definition) is 4. The van der Waals surface area contributed by atoms with Gasteiger partial charge in [-0.2, -0.15) is 0 Å². The third-order valence-corrected chi connectivity index (χ3v) is 5.29. The maximum Gasteiger partial charge on any atom is 0.306 e. The van der Waals surface area contributed by atoms with Crippen LogP contribution in [0.5, 0.6) is 0 Å². The minimum Gasteiger partial charge on any atom is -0.481 e. The number of benzene rings is 1. The number of rotatable bonds is 8. The molecule has 1 saturated heterocycles. The minimum atomic E-state index is -1.72. The van der Waals surface area contributed by atoms with Gasteiger partial charge in [-0.15, -0.1) is 0 Å². The molecule has 2 heterocycles. The number of piperazine rings is 1. The van der Waals surface area contributed by atoms with Crippen molar-refractivity contribution in [3.05, 3.63) is 30.0 Å². The normalized spacial score (nSPS) is 15.9. The summed E-state index contributed by atoms with van der Waals surface area (Å²) in [7, 11) is 1.95. The zero-order valence-corrected chi connectivity index (χ0v) is 18.8. The fraction of sp³-hybridized carbons (Fsp3) is 0.455. The molecule has 1 aliphatic rings. The Labute approximate surface area is 190 Å². The highest BCUT2D eigenvalue weighted by Crippen LogP contribution is 2.27. The van der Waals surface area contributed by atoms with E-state index in [-0.39, 0.29) is 11.3 Å². The van der Waals surface area contributed by atoms with Crippen molar-refractivity contribution >= 4 is 40.2 Å². The molecule has 0 radical (unpaired) electrons. The average Bonchev–Trinajstić information content (AvgIpc) is 3.16. The van der Waals surface area contributed by atoms with Gasteiger partial charge in [0.05, 0.1) is 23.2 Å². The van der Waals surface area contributed by atoms with Crippen LogP contribution in [-0.4, -0.2) is 93.7 Å². The van der Waals surface area contributed by atoms with Gasteiger partial charge in [-0.3, -0.25) is 19.2 Å². The number of carbonyl (C=O) groups is 4. The van der Waals surface area contributed by atoms with Gasteiger partial charge in [0.25, 0.3) is 17.6 Å². The fourth-order valence-corrected chi connectivity index (χ4v) is 3.62. The number of carboxylic acids is 1. The molecule has 4 N–H and O–H groups in total. The van der Waals surface area contributed by atoms with E-state index >= 15 is 0 Å². The van der Waals surface area contributed by atoms with Crippen LogP contribution in [0.15, 0.2) is 24.4 Å². The van der Waals surface area contributed by atoms with Gasteiger partial charge >= 0.3 is 5.97 Å². The first-order valence-electron chi connectivity index (χ1n) is 10.5. The molecule has 1 atom stereocenters. The van der Waals surface area contributed by atoms with Crippen LogP contribution in [0, 0.1) is 0 Å². The predicted molar refractivity (Wildman–Crippen MR) is 119 cm³/mol. The first kappa shape index (κ1) is 24.4. The van der Waals surface area contributed by atoms with E-state index in [0.29, 0.717) is 37.1 Å². The van der Waals surface area contributed by atoms with Crippen molar-refractivity contribution in [3.8, 4) is 0 Å². The number of aromatic amines is 1. The molecule has 178 valence electrons. The average molecular weight is 460 g/mol. The first-order chi connectivity index (χ1) is 15.5. The first-order valence-corrected chi connectivity index (χ1v) is 10.5. The molecule has 1 aromatic carbocycles. The molecule has 0 unspecified atom stereocenters. The number of aliphatic carboxylic acids is 1. The number of hydrogen-bond acceptors (Lipinski definition) is 7. The van der Waals surface area contributed by atoms with Crippen LogP contribution in [0.4, 0.5) is 5.69 Å². The van der Waals surface area contributed by atoms with Gasteiger partial charge in [-0.05, 0) is 27.0 Å². The van der Waals surface area contributed by atoms with Crippen LogP contribution in [0.3, 0.4) is 0 Å². The molecule has 0 saturated carbocycles. The van der Waals surface area contributed by atoms with E-state index in [1.54, 1.807) is 18.2 Å². The minimum absolute atomic E-state index is 0.180. The van der Waals surface area contributed by atoms with Crippen LogP contribution in [0.25, 0.3) is 10.9 Å². The summed E-state index contributed by atoms with van der Waals surface area (Å²) >= 11 is 0. The summed E-state index contributed by atoms with van der Waals surface area (Å²) in [6.07, 6.45) is -0.689. The summed E-state index contributed by atoms with van der Waals surface area (Å²) in [5.74, 6) is -5.00. The standard InChI is InChI=1S/C22H28N4O7/c1-22(2,32)33-16(11-17(27)28)20(30)24-15-6-4-5-13-14(12-23-18(13)15)19(29)21(31)26-9-7-25(3)8-10-26/h4-6,12,16,23,32H,7-11H2,1-3H3,(H,24,30)(H,27,28)/t16-/m1/s1. The van der Waals surface area contributed by atoms with Crippen molar-refractivity contribution in [3.63, 3.8) is 0 Å². The Morgan fingerprint density at radius 1 is 1.18 bits per heavy atom. The number of ether oxygens (including phenoxy) is 1. The molecule has 1 aliphatic heterocycles. The number of nitrogens with zero attached hydrogens (tertiary/aromatic N) is 2. The van der Waals surface area contributed by atoms with Gasteiger partial charge < -0.3 is 35.1 Å². The number of carboxylic acid groups (broad SMARTS) is 1. The lowest BCUT2D eigenvalue weighted by Gasteiger charge is -2.31. The van der Waals surface area contributed by atoms with E-state index in [0.717, 1.165) is 0 Å². The van der Waals surface area contributed by atoms with Gasteiger partial charge in [-0.1, -0.05) is 12.1 Å². The predicted octanol–water partition coefficient (Wildman–Crippen LogP) is 0.651. The molecule has 1 aromatic heterocycles. The molecule has 11 nitrogen and oxygen atoms in total. The lowest BCUT2D eigenvalue weighted by Crippen LogP contribution is -2.49. The highest BCUT2D eigenvalue weighted by molar-refractivity contribution is 6.45. The summed E-state index contributed by atoms with van der Waals surface area (Å²) in [6.45, 7) is 4.89. The monoisotopic (exact) mass is 460 g/mol. The zero-order valence-electron chi connectivity index (χ0n) is 18.8. The van der Waals surface area contributed by atoms with Crippen molar-refractivity contribution in [1.82, 2.24) is 14.8 Å². The number of aromatic nitrogens is 1. The van der Waals surface area contributed by atoms with Crippen LogP contribution in [0.2, 0.25) is 0 Å². The number of H-pyrrole nitrogens is 1. The molecule has 2 aromatic rings. The number of fused-ring (bicyclic) bond motifs is 1. The van der Waals surface area contributed by atoms with Crippen LogP contribution >= 0.6 is 0 Å². The van der Waals surface area contributed by atoms with Crippen molar-refractivity contribution in [2.24, 2.45) is 0 Å². The molecule has 0 bridgehead atoms. The zero-order chi connectivity index (χ0) is 24.3. The topological polar surface area (TPSA) is 152 Å². The van der Waals surface area contributed by atoms with E-state index in [2.05, 4.69) is 15.2 Å². The highest BCUT2D eigenvalue weighted by Gasteiger charge is 2.30. The quantitative estimate of drug-likeness (QED) is 0.255. The summed E-state index contributed by atoms with van der Waals surface area (Å²) < 4.78 is 5.19. The fourth-order valence-electron chi connectivity index (χ4n) is 3.62. The van der Waals surface area contributed by atoms with Gasteiger partial charge in [0.15, 0.2) is 5.79 Å². The number of amides is 2. The van der Waals surface area contributed by atoms with Crippen LogP contribution in [-0.2, 0) is 19.1 Å². The maximum absolute atomic E-state index is 12.9. The molecule has 11 heteroatoms. The molecule has 2 amide bonds. The third-order valence-electron chi connectivity index (χ3n) is 5.29. The molecule has 33 heavy (non-hydrogen) atoms. The Hall–Kier alpha value is -3.28. The summed E-state index contributed by atoms with van der Waals surface area (Å²) in [5.41, 5.74) is 0.857.